The zero-order valence-corrected chi connectivity index (χ0v) is 15.5. The zero-order valence-electron chi connectivity index (χ0n) is 15.5. The van der Waals surface area contributed by atoms with Crippen LogP contribution in [0.3, 0.4) is 0 Å². The number of nitrogen functional groups attached to an aromatic ring is 1. The average molecular weight is 349 g/mol. The molecule has 0 spiro atoms. The van der Waals surface area contributed by atoms with E-state index >= 15 is 0 Å². The Morgan fingerprint density at radius 3 is 2.58 bits per heavy atom. The Kier molecular flexibility index (Phi) is 4.45. The molecule has 4 nitrogen and oxygen atoms in total. The lowest BCUT2D eigenvalue weighted by Gasteiger charge is -2.42. The summed E-state index contributed by atoms with van der Waals surface area (Å²) in [5.74, 6) is 0.293. The van der Waals surface area contributed by atoms with E-state index in [0.29, 0.717) is 23.5 Å². The molecule has 0 aliphatic carbocycles. The third kappa shape index (κ3) is 2.99. The number of piperidine rings is 1. The summed E-state index contributed by atoms with van der Waals surface area (Å²) in [5.41, 5.74) is 9.89. The van der Waals surface area contributed by atoms with Gasteiger partial charge in [-0.05, 0) is 56.8 Å². The van der Waals surface area contributed by atoms with Crippen molar-refractivity contribution < 1.29 is 4.79 Å². The number of carbonyl (C=O) groups excluding carboxylic acids is 1. The average Bonchev–Trinajstić information content (AvgIpc) is 2.87. The summed E-state index contributed by atoms with van der Waals surface area (Å²) in [6, 6.07) is 17.1. The van der Waals surface area contributed by atoms with E-state index < -0.39 is 0 Å². The Labute approximate surface area is 155 Å². The Morgan fingerprint density at radius 1 is 1.12 bits per heavy atom. The minimum Gasteiger partial charge on any atom is -0.397 e. The van der Waals surface area contributed by atoms with Crippen LogP contribution in [0.15, 0.2) is 48.5 Å². The van der Waals surface area contributed by atoms with Crippen LogP contribution in [-0.2, 0) is 4.79 Å². The molecular formula is C22H27N3O. The number of hydrogen-bond donors (Lipinski definition) is 2. The van der Waals surface area contributed by atoms with Gasteiger partial charge < -0.3 is 11.1 Å². The van der Waals surface area contributed by atoms with Crippen LogP contribution in [0.4, 0.5) is 11.4 Å². The van der Waals surface area contributed by atoms with E-state index in [4.69, 9.17) is 5.73 Å². The molecule has 4 heteroatoms. The molecule has 2 fully saturated rings. The topological polar surface area (TPSA) is 58.4 Å². The fourth-order valence-electron chi connectivity index (χ4n) is 4.81. The SMILES string of the molecule is Cc1ccc(C2CC3CCC(C2C(=O)Nc2ccccc2N)N3C)cc1. The first-order valence-electron chi connectivity index (χ1n) is 9.48. The highest BCUT2D eigenvalue weighted by molar-refractivity contribution is 5.96. The monoisotopic (exact) mass is 349 g/mol. The number of hydrogen-bond acceptors (Lipinski definition) is 3. The number of benzene rings is 2. The van der Waals surface area contributed by atoms with E-state index in [1.165, 1.54) is 17.5 Å². The van der Waals surface area contributed by atoms with Crippen molar-refractivity contribution in [2.45, 2.75) is 44.2 Å². The number of para-hydroxylation sites is 2. The molecule has 2 bridgehead atoms. The quantitative estimate of drug-likeness (QED) is 0.829. The van der Waals surface area contributed by atoms with Crippen LogP contribution in [0, 0.1) is 12.8 Å². The van der Waals surface area contributed by atoms with E-state index in [1.54, 1.807) is 0 Å². The van der Waals surface area contributed by atoms with Crippen LogP contribution >= 0.6 is 0 Å². The predicted octanol–water partition coefficient (Wildman–Crippen LogP) is 3.78. The summed E-state index contributed by atoms with van der Waals surface area (Å²) >= 11 is 0. The number of anilines is 2. The zero-order chi connectivity index (χ0) is 18.3. The van der Waals surface area contributed by atoms with E-state index in [9.17, 15) is 4.79 Å². The molecule has 136 valence electrons. The van der Waals surface area contributed by atoms with Crippen molar-refractivity contribution in [2.24, 2.45) is 5.92 Å². The molecule has 2 heterocycles. The van der Waals surface area contributed by atoms with Crippen molar-refractivity contribution in [3.05, 3.63) is 59.7 Å². The maximum absolute atomic E-state index is 13.3. The molecular weight excluding hydrogens is 322 g/mol. The number of rotatable bonds is 3. The van der Waals surface area contributed by atoms with Crippen LogP contribution in [-0.4, -0.2) is 29.9 Å². The molecule has 2 aromatic carbocycles. The van der Waals surface area contributed by atoms with Crippen LogP contribution in [0.25, 0.3) is 0 Å². The fourth-order valence-corrected chi connectivity index (χ4v) is 4.81. The lowest BCUT2D eigenvalue weighted by molar-refractivity contribution is -0.124. The van der Waals surface area contributed by atoms with Gasteiger partial charge in [-0.25, -0.2) is 0 Å². The van der Waals surface area contributed by atoms with Crippen LogP contribution in [0.5, 0.6) is 0 Å². The van der Waals surface area contributed by atoms with Gasteiger partial charge in [-0.15, -0.1) is 0 Å². The Balaban J connectivity index is 1.65. The molecule has 2 aromatic rings. The molecule has 2 saturated heterocycles. The number of nitrogens with zero attached hydrogens (tertiary/aromatic N) is 1. The molecule has 2 aliphatic heterocycles. The first-order chi connectivity index (χ1) is 12.5. The van der Waals surface area contributed by atoms with Crippen molar-refractivity contribution in [1.82, 2.24) is 4.90 Å². The smallest absolute Gasteiger partial charge is 0.229 e. The van der Waals surface area contributed by atoms with Gasteiger partial charge in [0, 0.05) is 12.1 Å². The Morgan fingerprint density at radius 2 is 1.85 bits per heavy atom. The van der Waals surface area contributed by atoms with Gasteiger partial charge in [0.1, 0.15) is 0 Å². The largest absolute Gasteiger partial charge is 0.397 e. The van der Waals surface area contributed by atoms with Gasteiger partial charge in [-0.1, -0.05) is 42.0 Å². The standard InChI is InChI=1S/C22H27N3O/c1-14-7-9-15(10-8-14)17-13-16-11-12-20(25(16)2)21(17)22(26)24-19-6-4-3-5-18(19)23/h3-10,16-17,20-21H,11-13,23H2,1-2H3,(H,24,26). The summed E-state index contributed by atoms with van der Waals surface area (Å²) < 4.78 is 0. The number of nitrogens with two attached hydrogens (primary N) is 1. The summed E-state index contributed by atoms with van der Waals surface area (Å²) in [7, 11) is 2.17. The van der Waals surface area contributed by atoms with Crippen LogP contribution < -0.4 is 11.1 Å². The highest BCUT2D eigenvalue weighted by Crippen LogP contribution is 2.46. The van der Waals surface area contributed by atoms with Crippen molar-refractivity contribution in [3.8, 4) is 0 Å². The van der Waals surface area contributed by atoms with Crippen LogP contribution in [0.2, 0.25) is 0 Å². The molecule has 0 radical (unpaired) electrons. The first kappa shape index (κ1) is 17.1. The van der Waals surface area contributed by atoms with E-state index in [-0.39, 0.29) is 17.7 Å². The molecule has 0 saturated carbocycles. The molecule has 4 unspecified atom stereocenters. The van der Waals surface area contributed by atoms with Crippen LogP contribution in [0.1, 0.15) is 36.3 Å². The van der Waals surface area contributed by atoms with Gasteiger partial charge in [-0.2, -0.15) is 0 Å². The number of nitrogens with one attached hydrogen (secondary N) is 1. The summed E-state index contributed by atoms with van der Waals surface area (Å²) in [5, 5.41) is 3.10. The van der Waals surface area contributed by atoms with Crippen molar-refractivity contribution in [2.75, 3.05) is 18.1 Å². The second kappa shape index (κ2) is 6.76. The van der Waals surface area contributed by atoms with E-state index in [2.05, 4.69) is 48.5 Å². The minimum atomic E-state index is -0.0546. The Bertz CT molecular complexity index is 801. The molecule has 4 atom stereocenters. The van der Waals surface area contributed by atoms with Gasteiger partial charge in [-0.3, -0.25) is 9.69 Å². The highest BCUT2D eigenvalue weighted by Gasteiger charge is 2.49. The van der Waals surface area contributed by atoms with Gasteiger partial charge in [0.25, 0.3) is 0 Å². The molecule has 4 rings (SSSR count). The number of carbonyl (C=O) groups is 1. The van der Waals surface area contributed by atoms with Gasteiger partial charge in [0.15, 0.2) is 0 Å². The molecule has 26 heavy (non-hydrogen) atoms. The molecule has 1 amide bonds. The van der Waals surface area contributed by atoms with Crippen molar-refractivity contribution >= 4 is 17.3 Å². The molecule has 2 aliphatic rings. The molecule has 3 N–H and O–H groups in total. The number of aryl methyl sites for hydroxylation is 1. The lowest BCUT2D eigenvalue weighted by Crippen LogP contribution is -2.50. The minimum absolute atomic E-state index is 0.0546. The third-order valence-corrected chi connectivity index (χ3v) is 6.30. The maximum atomic E-state index is 13.3. The van der Waals surface area contributed by atoms with Crippen molar-refractivity contribution in [1.29, 1.82) is 0 Å². The Hall–Kier alpha value is -2.33. The summed E-state index contributed by atoms with van der Waals surface area (Å²) in [4.78, 5) is 15.7. The van der Waals surface area contributed by atoms with E-state index in [1.807, 2.05) is 24.3 Å². The van der Waals surface area contributed by atoms with Gasteiger partial charge in [0.05, 0.1) is 17.3 Å². The van der Waals surface area contributed by atoms with Crippen molar-refractivity contribution in [3.63, 3.8) is 0 Å². The van der Waals surface area contributed by atoms with E-state index in [0.717, 1.165) is 12.8 Å². The van der Waals surface area contributed by atoms with Gasteiger partial charge in [0.2, 0.25) is 5.91 Å². The fraction of sp³-hybridized carbons (Fsp3) is 0.409. The maximum Gasteiger partial charge on any atom is 0.229 e. The third-order valence-electron chi connectivity index (χ3n) is 6.30. The number of fused-ring (bicyclic) bond motifs is 2. The lowest BCUT2D eigenvalue weighted by atomic mass is 9.75. The second-order valence-corrected chi connectivity index (χ2v) is 7.82. The summed E-state index contributed by atoms with van der Waals surface area (Å²) in [6.45, 7) is 2.10. The number of amides is 1. The first-order valence-corrected chi connectivity index (χ1v) is 9.48. The normalized spacial score (nSPS) is 28.1. The van der Waals surface area contributed by atoms with Gasteiger partial charge >= 0.3 is 0 Å². The molecule has 0 aromatic heterocycles. The predicted molar refractivity (Wildman–Crippen MR) is 106 cm³/mol. The second-order valence-electron chi connectivity index (χ2n) is 7.82. The summed E-state index contributed by atoms with van der Waals surface area (Å²) in [6.07, 6.45) is 3.31. The highest BCUT2D eigenvalue weighted by atomic mass is 16.2.